The van der Waals surface area contributed by atoms with E-state index in [0.717, 1.165) is 12.1 Å². The molecular weight excluding hydrogens is 249 g/mol. The molecule has 6 heteroatoms. The van der Waals surface area contributed by atoms with Crippen molar-refractivity contribution in [2.75, 3.05) is 26.8 Å². The molecule has 1 aliphatic heterocycles. The van der Waals surface area contributed by atoms with Gasteiger partial charge in [0.25, 0.3) is 0 Å². The molecule has 3 N–H and O–H groups in total. The minimum Gasteiger partial charge on any atom is -0.494 e. The van der Waals surface area contributed by atoms with E-state index in [4.69, 9.17) is 20.6 Å². The molecule has 2 rings (SSSR count). The van der Waals surface area contributed by atoms with Crippen LogP contribution in [0.25, 0.3) is 0 Å². The first-order valence-corrected chi connectivity index (χ1v) is 6.10. The number of benzene rings is 1. The zero-order valence-electron chi connectivity index (χ0n) is 10.9. The number of morpholine rings is 1. The van der Waals surface area contributed by atoms with Crippen LogP contribution in [0.15, 0.2) is 18.2 Å². The van der Waals surface area contributed by atoms with E-state index in [-0.39, 0.29) is 23.5 Å². The zero-order valence-corrected chi connectivity index (χ0v) is 10.9. The van der Waals surface area contributed by atoms with E-state index >= 15 is 0 Å². The van der Waals surface area contributed by atoms with E-state index in [0.29, 0.717) is 19.7 Å². The van der Waals surface area contributed by atoms with Gasteiger partial charge in [0.2, 0.25) is 0 Å². The Labute approximate surface area is 111 Å². The molecule has 0 amide bonds. The number of nitrogens with one attached hydrogen (secondary N) is 1. The van der Waals surface area contributed by atoms with Crippen LogP contribution in [0.1, 0.15) is 5.56 Å². The Bertz CT molecular complexity index is 467. The van der Waals surface area contributed by atoms with Gasteiger partial charge in [-0.15, -0.1) is 0 Å². The first-order valence-electron chi connectivity index (χ1n) is 6.10. The van der Waals surface area contributed by atoms with Gasteiger partial charge in [-0.05, 0) is 17.7 Å². The molecular formula is C13H18FN3O2. The second-order valence-corrected chi connectivity index (χ2v) is 4.52. The third kappa shape index (κ3) is 3.42. The van der Waals surface area contributed by atoms with Crippen molar-refractivity contribution in [3.8, 4) is 5.75 Å². The van der Waals surface area contributed by atoms with Crippen molar-refractivity contribution in [2.24, 2.45) is 5.73 Å². The van der Waals surface area contributed by atoms with Crippen molar-refractivity contribution >= 4 is 5.84 Å². The third-order valence-corrected chi connectivity index (χ3v) is 3.12. The number of halogens is 1. The molecule has 0 radical (unpaired) electrons. The summed E-state index contributed by atoms with van der Waals surface area (Å²) < 4.78 is 23.9. The summed E-state index contributed by atoms with van der Waals surface area (Å²) in [6.07, 6.45) is -0.364. The molecule has 1 saturated heterocycles. The van der Waals surface area contributed by atoms with Crippen LogP contribution in [0, 0.1) is 11.2 Å². The minimum atomic E-state index is -0.364. The lowest BCUT2D eigenvalue weighted by atomic mass is 10.1. The molecule has 0 aromatic heterocycles. The number of nitrogens with zero attached hydrogens (tertiary/aromatic N) is 1. The van der Waals surface area contributed by atoms with Gasteiger partial charge in [0.05, 0.1) is 13.7 Å². The van der Waals surface area contributed by atoms with E-state index in [9.17, 15) is 4.39 Å². The molecule has 5 nitrogen and oxygen atoms in total. The number of hydrogen-bond acceptors (Lipinski definition) is 4. The molecule has 1 aromatic rings. The fraction of sp³-hybridized carbons (Fsp3) is 0.462. The average Bonchev–Trinajstić information content (AvgIpc) is 2.39. The number of methoxy groups -OCH3 is 1. The fourth-order valence-corrected chi connectivity index (χ4v) is 2.10. The molecule has 19 heavy (non-hydrogen) atoms. The van der Waals surface area contributed by atoms with Crippen molar-refractivity contribution in [3.05, 3.63) is 29.6 Å². The second-order valence-electron chi connectivity index (χ2n) is 4.52. The minimum absolute atomic E-state index is 0.0330. The van der Waals surface area contributed by atoms with Gasteiger partial charge in [0.1, 0.15) is 11.9 Å². The van der Waals surface area contributed by atoms with Crippen molar-refractivity contribution < 1.29 is 13.9 Å². The molecule has 104 valence electrons. The predicted molar refractivity (Wildman–Crippen MR) is 69.9 cm³/mol. The fourth-order valence-electron chi connectivity index (χ4n) is 2.10. The molecule has 0 aliphatic carbocycles. The topological polar surface area (TPSA) is 71.6 Å². The van der Waals surface area contributed by atoms with Crippen LogP contribution in [0.4, 0.5) is 4.39 Å². The Kier molecular flexibility index (Phi) is 4.34. The Hall–Kier alpha value is -1.66. The first kappa shape index (κ1) is 13.8. The summed E-state index contributed by atoms with van der Waals surface area (Å²) in [5.74, 6) is -0.0886. The Balaban J connectivity index is 2.00. The lowest BCUT2D eigenvalue weighted by molar-refractivity contribution is 0.00233. The van der Waals surface area contributed by atoms with E-state index in [2.05, 4.69) is 4.90 Å². The summed E-state index contributed by atoms with van der Waals surface area (Å²) in [6.45, 7) is 2.44. The van der Waals surface area contributed by atoms with E-state index in [1.165, 1.54) is 13.2 Å². The van der Waals surface area contributed by atoms with Crippen LogP contribution < -0.4 is 10.5 Å². The highest BCUT2D eigenvalue weighted by atomic mass is 19.1. The van der Waals surface area contributed by atoms with Crippen molar-refractivity contribution in [1.82, 2.24) is 4.90 Å². The maximum Gasteiger partial charge on any atom is 0.165 e. The Morgan fingerprint density at radius 3 is 3.05 bits per heavy atom. The molecule has 0 spiro atoms. The lowest BCUT2D eigenvalue weighted by Crippen LogP contribution is -2.47. The summed E-state index contributed by atoms with van der Waals surface area (Å²) in [5.41, 5.74) is 6.30. The van der Waals surface area contributed by atoms with Gasteiger partial charge in [-0.3, -0.25) is 10.3 Å². The summed E-state index contributed by atoms with van der Waals surface area (Å²) in [4.78, 5) is 2.09. The quantitative estimate of drug-likeness (QED) is 0.630. The molecule has 1 heterocycles. The maximum absolute atomic E-state index is 13.6. The second kappa shape index (κ2) is 5.99. The van der Waals surface area contributed by atoms with E-state index in [1.54, 1.807) is 6.07 Å². The maximum atomic E-state index is 13.6. The number of ether oxygens (including phenoxy) is 2. The normalized spacial score (nSPS) is 20.2. The van der Waals surface area contributed by atoms with Gasteiger partial charge >= 0.3 is 0 Å². The van der Waals surface area contributed by atoms with Crippen LogP contribution in [0.5, 0.6) is 5.75 Å². The molecule has 1 aliphatic rings. The highest BCUT2D eigenvalue weighted by molar-refractivity contribution is 5.82. The van der Waals surface area contributed by atoms with E-state index < -0.39 is 0 Å². The summed E-state index contributed by atoms with van der Waals surface area (Å²) >= 11 is 0. The van der Waals surface area contributed by atoms with Crippen LogP contribution in [0.3, 0.4) is 0 Å². The number of rotatable bonds is 4. The number of hydrogen-bond donors (Lipinski definition) is 2. The van der Waals surface area contributed by atoms with Gasteiger partial charge in [-0.2, -0.15) is 0 Å². The lowest BCUT2D eigenvalue weighted by Gasteiger charge is -2.32. The monoisotopic (exact) mass is 267 g/mol. The highest BCUT2D eigenvalue weighted by Crippen LogP contribution is 2.19. The van der Waals surface area contributed by atoms with Gasteiger partial charge < -0.3 is 15.2 Å². The molecule has 0 bridgehead atoms. The number of amidine groups is 1. The molecule has 1 fully saturated rings. The molecule has 1 atom stereocenters. The first-order chi connectivity index (χ1) is 9.10. The van der Waals surface area contributed by atoms with Crippen molar-refractivity contribution in [2.45, 2.75) is 12.6 Å². The largest absolute Gasteiger partial charge is 0.494 e. The van der Waals surface area contributed by atoms with Crippen molar-refractivity contribution in [3.63, 3.8) is 0 Å². The van der Waals surface area contributed by atoms with Crippen LogP contribution in [-0.4, -0.2) is 43.6 Å². The summed E-state index contributed by atoms with van der Waals surface area (Å²) in [5, 5.41) is 7.40. The summed E-state index contributed by atoms with van der Waals surface area (Å²) in [7, 11) is 1.44. The zero-order chi connectivity index (χ0) is 13.8. The SMILES string of the molecule is COc1ccc(CN2CCOC(C(=N)N)C2)cc1F. The number of nitrogens with two attached hydrogens (primary N) is 1. The van der Waals surface area contributed by atoms with E-state index in [1.807, 2.05) is 6.07 Å². The molecule has 1 aromatic carbocycles. The standard InChI is InChI=1S/C13H18FN3O2/c1-18-11-3-2-9(6-10(11)14)7-17-4-5-19-12(8-17)13(15)16/h2-3,6,12H,4-5,7-8H2,1H3,(H3,15,16). The van der Waals surface area contributed by atoms with Crippen LogP contribution in [0.2, 0.25) is 0 Å². The summed E-state index contributed by atoms with van der Waals surface area (Å²) in [6, 6.07) is 4.92. The predicted octanol–water partition coefficient (Wildman–Crippen LogP) is 0.971. The average molecular weight is 267 g/mol. The highest BCUT2D eigenvalue weighted by Gasteiger charge is 2.22. The van der Waals surface area contributed by atoms with Gasteiger partial charge in [-0.25, -0.2) is 4.39 Å². The van der Waals surface area contributed by atoms with Gasteiger partial charge in [0.15, 0.2) is 11.6 Å². The Morgan fingerprint density at radius 1 is 1.63 bits per heavy atom. The van der Waals surface area contributed by atoms with Gasteiger partial charge in [0, 0.05) is 19.6 Å². The molecule has 0 saturated carbocycles. The third-order valence-electron chi connectivity index (χ3n) is 3.12. The van der Waals surface area contributed by atoms with Crippen LogP contribution >= 0.6 is 0 Å². The van der Waals surface area contributed by atoms with Crippen molar-refractivity contribution in [1.29, 1.82) is 5.41 Å². The van der Waals surface area contributed by atoms with Gasteiger partial charge in [-0.1, -0.05) is 6.07 Å². The Morgan fingerprint density at radius 2 is 2.42 bits per heavy atom. The smallest absolute Gasteiger partial charge is 0.165 e. The van der Waals surface area contributed by atoms with Crippen LogP contribution in [-0.2, 0) is 11.3 Å². The molecule has 1 unspecified atom stereocenters.